The first-order valence-corrected chi connectivity index (χ1v) is 6.05. The van der Waals surface area contributed by atoms with E-state index in [1.807, 2.05) is 13.8 Å². The smallest absolute Gasteiger partial charge is 0.137 e. The average Bonchev–Trinajstić information content (AvgIpc) is 2.24. The maximum atomic E-state index is 13.3. The fourth-order valence-electron chi connectivity index (χ4n) is 1.53. The zero-order chi connectivity index (χ0) is 12.3. The second kappa shape index (κ2) is 5.25. The molecule has 0 saturated heterocycles. The van der Waals surface area contributed by atoms with Gasteiger partial charge in [0.2, 0.25) is 0 Å². The molecule has 3 N–H and O–H groups in total. The molecule has 0 aliphatic carbocycles. The van der Waals surface area contributed by atoms with Crippen LogP contribution < -0.4 is 5.73 Å². The molecule has 1 rings (SSSR count). The van der Waals surface area contributed by atoms with Crippen LogP contribution >= 0.6 is 15.9 Å². The molecule has 90 valence electrons. The number of hydrogen-bond donors (Lipinski definition) is 2. The monoisotopic (exact) mass is 289 g/mol. The maximum absolute atomic E-state index is 13.3. The topological polar surface area (TPSA) is 46.2 Å². The van der Waals surface area contributed by atoms with Crippen LogP contribution in [0.4, 0.5) is 4.39 Å². The van der Waals surface area contributed by atoms with E-state index in [2.05, 4.69) is 15.9 Å². The van der Waals surface area contributed by atoms with E-state index in [-0.39, 0.29) is 18.3 Å². The summed E-state index contributed by atoms with van der Waals surface area (Å²) >= 11 is 3.18. The van der Waals surface area contributed by atoms with Gasteiger partial charge in [0.15, 0.2) is 0 Å². The Labute approximate surface area is 104 Å². The Hall–Kier alpha value is -0.450. The maximum Gasteiger partial charge on any atom is 0.137 e. The van der Waals surface area contributed by atoms with Crippen LogP contribution in [-0.2, 0) is 6.42 Å². The standard InChI is InChI=1S/C12H17BrFNO/c1-8(2)12(16,7-15)6-9-4-3-5-10(14)11(9)13/h3-5,8,16H,6-7,15H2,1-2H3. The van der Waals surface area contributed by atoms with E-state index in [9.17, 15) is 9.50 Å². The second-order valence-electron chi connectivity index (χ2n) is 4.35. The van der Waals surface area contributed by atoms with Gasteiger partial charge in [0.1, 0.15) is 5.82 Å². The minimum atomic E-state index is -0.990. The van der Waals surface area contributed by atoms with E-state index in [1.165, 1.54) is 6.07 Å². The summed E-state index contributed by atoms with van der Waals surface area (Å²) in [6, 6.07) is 4.80. The molecule has 1 aromatic rings. The Balaban J connectivity index is 2.99. The lowest BCUT2D eigenvalue weighted by Gasteiger charge is -2.31. The van der Waals surface area contributed by atoms with Gasteiger partial charge in [-0.15, -0.1) is 0 Å². The van der Waals surface area contributed by atoms with Crippen molar-refractivity contribution in [2.45, 2.75) is 25.9 Å². The van der Waals surface area contributed by atoms with Crippen molar-refractivity contribution in [2.24, 2.45) is 11.7 Å². The summed E-state index contributed by atoms with van der Waals surface area (Å²) < 4.78 is 13.7. The van der Waals surface area contributed by atoms with Gasteiger partial charge in [-0.2, -0.15) is 0 Å². The average molecular weight is 290 g/mol. The van der Waals surface area contributed by atoms with Gasteiger partial charge in [-0.25, -0.2) is 4.39 Å². The Kier molecular flexibility index (Phi) is 4.47. The molecule has 1 aromatic carbocycles. The molecule has 1 unspecified atom stereocenters. The van der Waals surface area contributed by atoms with E-state index < -0.39 is 5.60 Å². The highest BCUT2D eigenvalue weighted by Crippen LogP contribution is 2.27. The van der Waals surface area contributed by atoms with Crippen molar-refractivity contribution in [1.82, 2.24) is 0 Å². The largest absolute Gasteiger partial charge is 0.388 e. The van der Waals surface area contributed by atoms with Gasteiger partial charge in [-0.05, 0) is 33.5 Å². The molecular weight excluding hydrogens is 273 g/mol. The number of halogens is 2. The van der Waals surface area contributed by atoms with E-state index >= 15 is 0 Å². The van der Waals surface area contributed by atoms with Gasteiger partial charge in [0.05, 0.1) is 10.1 Å². The molecule has 0 spiro atoms. The molecule has 0 aromatic heterocycles. The first-order valence-electron chi connectivity index (χ1n) is 5.26. The highest BCUT2D eigenvalue weighted by Gasteiger charge is 2.30. The minimum Gasteiger partial charge on any atom is -0.388 e. The number of rotatable bonds is 4. The number of aliphatic hydroxyl groups is 1. The molecular formula is C12H17BrFNO. The summed E-state index contributed by atoms with van der Waals surface area (Å²) in [6.45, 7) is 3.97. The van der Waals surface area contributed by atoms with Gasteiger partial charge in [0, 0.05) is 13.0 Å². The van der Waals surface area contributed by atoms with Crippen molar-refractivity contribution in [3.63, 3.8) is 0 Å². The molecule has 0 radical (unpaired) electrons. The zero-order valence-corrected chi connectivity index (χ0v) is 11.1. The van der Waals surface area contributed by atoms with Crippen LogP contribution in [0.15, 0.2) is 22.7 Å². The first-order chi connectivity index (χ1) is 7.40. The molecule has 0 bridgehead atoms. The summed E-state index contributed by atoms with van der Waals surface area (Å²) in [4.78, 5) is 0. The zero-order valence-electron chi connectivity index (χ0n) is 9.50. The minimum absolute atomic E-state index is 0.0210. The lowest BCUT2D eigenvalue weighted by atomic mass is 9.84. The third-order valence-corrected chi connectivity index (χ3v) is 3.84. The number of nitrogens with two attached hydrogens (primary N) is 1. The van der Waals surface area contributed by atoms with Crippen molar-refractivity contribution < 1.29 is 9.50 Å². The Bertz CT molecular complexity index is 370. The molecule has 0 amide bonds. The summed E-state index contributed by atoms with van der Waals surface area (Å²) in [6.07, 6.45) is 0.347. The van der Waals surface area contributed by atoms with Crippen LogP contribution in [0, 0.1) is 11.7 Å². The molecule has 0 saturated carbocycles. The fraction of sp³-hybridized carbons (Fsp3) is 0.500. The predicted molar refractivity (Wildman–Crippen MR) is 66.6 cm³/mol. The van der Waals surface area contributed by atoms with Crippen LogP contribution in [0.3, 0.4) is 0 Å². The Morgan fingerprint density at radius 2 is 2.12 bits per heavy atom. The molecule has 16 heavy (non-hydrogen) atoms. The Morgan fingerprint density at radius 3 is 2.62 bits per heavy atom. The second-order valence-corrected chi connectivity index (χ2v) is 5.15. The van der Waals surface area contributed by atoms with Crippen molar-refractivity contribution in [3.05, 3.63) is 34.1 Å². The lowest BCUT2D eigenvalue weighted by molar-refractivity contribution is 0.00388. The number of benzene rings is 1. The van der Waals surface area contributed by atoms with E-state index in [4.69, 9.17) is 5.73 Å². The molecule has 0 heterocycles. The third-order valence-electron chi connectivity index (χ3n) is 2.96. The third kappa shape index (κ3) is 2.81. The number of hydrogen-bond acceptors (Lipinski definition) is 2. The van der Waals surface area contributed by atoms with Crippen molar-refractivity contribution >= 4 is 15.9 Å². The van der Waals surface area contributed by atoms with E-state index in [0.29, 0.717) is 10.9 Å². The van der Waals surface area contributed by atoms with E-state index in [0.717, 1.165) is 5.56 Å². The van der Waals surface area contributed by atoms with Crippen molar-refractivity contribution in [2.75, 3.05) is 6.54 Å². The summed E-state index contributed by atoms with van der Waals surface area (Å²) in [5.74, 6) is -0.298. The first kappa shape index (κ1) is 13.6. The normalized spacial score (nSPS) is 15.2. The van der Waals surface area contributed by atoms with Gasteiger partial charge in [-0.1, -0.05) is 26.0 Å². The summed E-state index contributed by atoms with van der Waals surface area (Å²) in [7, 11) is 0. The van der Waals surface area contributed by atoms with Crippen molar-refractivity contribution in [1.29, 1.82) is 0 Å². The highest BCUT2D eigenvalue weighted by atomic mass is 79.9. The van der Waals surface area contributed by atoms with Crippen LogP contribution in [0.25, 0.3) is 0 Å². The van der Waals surface area contributed by atoms with E-state index in [1.54, 1.807) is 12.1 Å². The molecule has 2 nitrogen and oxygen atoms in total. The molecule has 0 fully saturated rings. The van der Waals surface area contributed by atoms with Crippen LogP contribution in [0.5, 0.6) is 0 Å². The fourth-order valence-corrected chi connectivity index (χ4v) is 1.93. The Morgan fingerprint density at radius 1 is 1.50 bits per heavy atom. The quantitative estimate of drug-likeness (QED) is 0.895. The van der Waals surface area contributed by atoms with Gasteiger partial charge in [0.25, 0.3) is 0 Å². The van der Waals surface area contributed by atoms with Gasteiger partial charge < -0.3 is 10.8 Å². The molecule has 1 atom stereocenters. The highest BCUT2D eigenvalue weighted by molar-refractivity contribution is 9.10. The molecule has 4 heteroatoms. The summed E-state index contributed by atoms with van der Waals surface area (Å²) in [5.41, 5.74) is 5.33. The molecule has 0 aliphatic rings. The lowest BCUT2D eigenvalue weighted by Crippen LogP contribution is -2.45. The van der Waals surface area contributed by atoms with Crippen LogP contribution in [-0.4, -0.2) is 17.3 Å². The SMILES string of the molecule is CC(C)C(O)(CN)Cc1cccc(F)c1Br. The van der Waals surface area contributed by atoms with Crippen LogP contribution in [0.2, 0.25) is 0 Å². The van der Waals surface area contributed by atoms with Crippen molar-refractivity contribution in [3.8, 4) is 0 Å². The van der Waals surface area contributed by atoms with Crippen LogP contribution in [0.1, 0.15) is 19.4 Å². The predicted octanol–water partition coefficient (Wildman–Crippen LogP) is 2.48. The molecule has 0 aliphatic heterocycles. The van der Waals surface area contributed by atoms with Gasteiger partial charge >= 0.3 is 0 Å². The van der Waals surface area contributed by atoms with Gasteiger partial charge in [-0.3, -0.25) is 0 Å². The summed E-state index contributed by atoms with van der Waals surface area (Å²) in [5, 5.41) is 10.3.